The summed E-state index contributed by atoms with van der Waals surface area (Å²) in [6, 6.07) is 0.387. The fourth-order valence-corrected chi connectivity index (χ4v) is 4.08. The quantitative estimate of drug-likeness (QED) is 0.515. The molecule has 1 N–H and O–H groups in total. The van der Waals surface area contributed by atoms with Crippen LogP contribution >= 0.6 is 0 Å². The van der Waals surface area contributed by atoms with Gasteiger partial charge in [-0.15, -0.1) is 0 Å². The van der Waals surface area contributed by atoms with Crippen molar-refractivity contribution < 1.29 is 8.42 Å². The van der Waals surface area contributed by atoms with E-state index in [2.05, 4.69) is 10.2 Å². The van der Waals surface area contributed by atoms with Crippen molar-refractivity contribution in [3.8, 4) is 0 Å². The van der Waals surface area contributed by atoms with Crippen molar-refractivity contribution in [2.75, 3.05) is 31.6 Å². The van der Waals surface area contributed by atoms with Crippen molar-refractivity contribution in [2.24, 2.45) is 0 Å². The third-order valence-electron chi connectivity index (χ3n) is 2.76. The summed E-state index contributed by atoms with van der Waals surface area (Å²) in [5, 5.41) is 3.25. The molecule has 2 saturated heterocycles. The number of sulfone groups is 1. The van der Waals surface area contributed by atoms with Crippen LogP contribution in [0.4, 0.5) is 0 Å². The normalized spacial score (nSPS) is 41.1. The van der Waals surface area contributed by atoms with Crippen LogP contribution in [0.1, 0.15) is 0 Å². The molecule has 0 bridgehead atoms. The zero-order chi connectivity index (χ0) is 8.77. The summed E-state index contributed by atoms with van der Waals surface area (Å²) in [7, 11) is -0.767. The topological polar surface area (TPSA) is 49.4 Å². The van der Waals surface area contributed by atoms with Gasteiger partial charge in [-0.3, -0.25) is 4.90 Å². The van der Waals surface area contributed by atoms with Crippen molar-refractivity contribution in [3.63, 3.8) is 0 Å². The highest BCUT2D eigenvalue weighted by atomic mass is 32.2. The molecule has 0 aliphatic carbocycles. The second kappa shape index (κ2) is 2.68. The minimum Gasteiger partial charge on any atom is -0.310 e. The van der Waals surface area contributed by atoms with Crippen molar-refractivity contribution in [2.45, 2.75) is 12.1 Å². The van der Waals surface area contributed by atoms with Gasteiger partial charge in [0.05, 0.1) is 11.5 Å². The smallest absolute Gasteiger partial charge is 0.153 e. The molecule has 12 heavy (non-hydrogen) atoms. The third kappa shape index (κ3) is 1.36. The monoisotopic (exact) mass is 190 g/mol. The van der Waals surface area contributed by atoms with Crippen LogP contribution in [0, 0.1) is 0 Å². The average Bonchev–Trinajstić information content (AvgIpc) is 2.25. The second-order valence-corrected chi connectivity index (χ2v) is 5.84. The lowest BCUT2D eigenvalue weighted by Crippen LogP contribution is -2.55. The van der Waals surface area contributed by atoms with E-state index >= 15 is 0 Å². The predicted octanol–water partition coefficient (Wildman–Crippen LogP) is -1.31. The minimum absolute atomic E-state index is 0.175. The number of fused-ring (bicyclic) bond motifs is 1. The lowest BCUT2D eigenvalue weighted by molar-refractivity contribution is 0.185. The van der Waals surface area contributed by atoms with Crippen LogP contribution in [-0.2, 0) is 9.84 Å². The molecule has 2 rings (SSSR count). The number of likely N-dealkylation sites (N-methyl/N-ethyl adjacent to an activating group) is 1. The zero-order valence-electron chi connectivity index (χ0n) is 7.16. The van der Waals surface area contributed by atoms with Crippen LogP contribution in [-0.4, -0.2) is 57.0 Å². The molecule has 0 unspecified atom stereocenters. The largest absolute Gasteiger partial charge is 0.310 e. The molecule has 2 aliphatic rings. The Kier molecular flexibility index (Phi) is 1.89. The summed E-state index contributed by atoms with van der Waals surface area (Å²) in [5.41, 5.74) is 0. The highest BCUT2D eigenvalue weighted by Crippen LogP contribution is 2.19. The number of rotatable bonds is 0. The molecule has 2 aliphatic heterocycles. The van der Waals surface area contributed by atoms with E-state index in [0.29, 0.717) is 11.5 Å². The second-order valence-electron chi connectivity index (χ2n) is 3.69. The van der Waals surface area contributed by atoms with E-state index in [-0.39, 0.29) is 12.1 Å². The molecule has 0 spiro atoms. The van der Waals surface area contributed by atoms with Gasteiger partial charge in [0.25, 0.3) is 0 Å². The van der Waals surface area contributed by atoms with Gasteiger partial charge in [-0.05, 0) is 7.05 Å². The predicted molar refractivity (Wildman–Crippen MR) is 46.9 cm³/mol. The van der Waals surface area contributed by atoms with Crippen LogP contribution < -0.4 is 5.32 Å². The van der Waals surface area contributed by atoms with Crippen LogP contribution in [0.2, 0.25) is 0 Å². The molecule has 70 valence electrons. The van der Waals surface area contributed by atoms with E-state index < -0.39 is 9.84 Å². The Labute approximate surface area is 72.9 Å². The summed E-state index contributed by atoms with van der Waals surface area (Å²) >= 11 is 0. The maximum Gasteiger partial charge on any atom is 0.153 e. The molecule has 0 aromatic carbocycles. The lowest BCUT2D eigenvalue weighted by atomic mass is 10.1. The maximum atomic E-state index is 11.3. The van der Waals surface area contributed by atoms with Crippen molar-refractivity contribution in [1.82, 2.24) is 10.2 Å². The van der Waals surface area contributed by atoms with E-state index in [1.54, 1.807) is 0 Å². The minimum atomic E-state index is -2.77. The van der Waals surface area contributed by atoms with Gasteiger partial charge in [0.1, 0.15) is 0 Å². The molecule has 0 radical (unpaired) electrons. The van der Waals surface area contributed by atoms with Crippen molar-refractivity contribution in [3.05, 3.63) is 0 Å². The fourth-order valence-electron chi connectivity index (χ4n) is 2.05. The maximum absolute atomic E-state index is 11.3. The molecule has 0 amide bonds. The van der Waals surface area contributed by atoms with Crippen LogP contribution in [0.3, 0.4) is 0 Å². The standard InChI is InChI=1S/C7H14N2O2S/c1-9-3-2-8-6-4-12(10,11)5-7(6)9/h6-8H,2-5H2,1H3/t6-,7-/m0/s1. The number of nitrogens with one attached hydrogen (secondary N) is 1. The first-order chi connectivity index (χ1) is 5.58. The summed E-state index contributed by atoms with van der Waals surface area (Å²) in [4.78, 5) is 2.14. The fraction of sp³-hybridized carbons (Fsp3) is 1.00. The van der Waals surface area contributed by atoms with Crippen LogP contribution in [0.15, 0.2) is 0 Å². The molecule has 2 atom stereocenters. The first-order valence-corrected chi connectivity index (χ1v) is 6.05. The highest BCUT2D eigenvalue weighted by Gasteiger charge is 2.41. The Bertz CT molecular complexity index is 275. The van der Waals surface area contributed by atoms with Crippen molar-refractivity contribution in [1.29, 1.82) is 0 Å². The zero-order valence-corrected chi connectivity index (χ0v) is 7.97. The molecule has 0 aromatic rings. The summed E-state index contributed by atoms with van der Waals surface area (Å²) < 4.78 is 22.6. The van der Waals surface area contributed by atoms with Gasteiger partial charge in [-0.1, -0.05) is 0 Å². The van der Waals surface area contributed by atoms with Crippen molar-refractivity contribution >= 4 is 9.84 Å². The third-order valence-corrected chi connectivity index (χ3v) is 4.48. The Morgan fingerprint density at radius 1 is 1.42 bits per heavy atom. The molecular weight excluding hydrogens is 176 g/mol. The van der Waals surface area contributed by atoms with Gasteiger partial charge in [0.15, 0.2) is 9.84 Å². The van der Waals surface area contributed by atoms with Gasteiger partial charge in [0.2, 0.25) is 0 Å². The van der Waals surface area contributed by atoms with Gasteiger partial charge in [0, 0.05) is 25.2 Å². The molecule has 5 heteroatoms. The highest BCUT2D eigenvalue weighted by molar-refractivity contribution is 7.91. The molecule has 0 aromatic heterocycles. The number of hydrogen-bond donors (Lipinski definition) is 1. The van der Waals surface area contributed by atoms with E-state index in [9.17, 15) is 8.42 Å². The Balaban J connectivity index is 2.19. The number of nitrogens with zero attached hydrogens (tertiary/aromatic N) is 1. The van der Waals surface area contributed by atoms with E-state index in [4.69, 9.17) is 0 Å². The van der Waals surface area contributed by atoms with E-state index in [1.807, 2.05) is 7.05 Å². The van der Waals surface area contributed by atoms with Crippen LogP contribution in [0.25, 0.3) is 0 Å². The number of piperazine rings is 1. The van der Waals surface area contributed by atoms with E-state index in [1.165, 1.54) is 0 Å². The Morgan fingerprint density at radius 3 is 2.83 bits per heavy atom. The van der Waals surface area contributed by atoms with Gasteiger partial charge >= 0.3 is 0 Å². The van der Waals surface area contributed by atoms with E-state index in [0.717, 1.165) is 13.1 Å². The molecule has 0 saturated carbocycles. The molecule has 4 nitrogen and oxygen atoms in total. The summed E-state index contributed by atoms with van der Waals surface area (Å²) in [6.45, 7) is 1.86. The molecule has 2 heterocycles. The Morgan fingerprint density at radius 2 is 2.17 bits per heavy atom. The van der Waals surface area contributed by atoms with Gasteiger partial charge in [-0.25, -0.2) is 8.42 Å². The summed E-state index contributed by atoms with van der Waals surface area (Å²) in [6.07, 6.45) is 0. The summed E-state index contributed by atoms with van der Waals surface area (Å²) in [5.74, 6) is 0.656. The first-order valence-electron chi connectivity index (χ1n) is 4.22. The SMILES string of the molecule is CN1CCN[C@H]2CS(=O)(=O)C[C@@H]21. The lowest BCUT2D eigenvalue weighted by Gasteiger charge is -2.34. The van der Waals surface area contributed by atoms with Crippen LogP contribution in [0.5, 0.6) is 0 Å². The Hall–Kier alpha value is -0.130. The molecule has 2 fully saturated rings. The average molecular weight is 190 g/mol. The number of hydrogen-bond acceptors (Lipinski definition) is 4. The molecular formula is C7H14N2O2S. The van der Waals surface area contributed by atoms with Gasteiger partial charge < -0.3 is 5.32 Å². The van der Waals surface area contributed by atoms with Gasteiger partial charge in [-0.2, -0.15) is 0 Å². The first kappa shape index (κ1) is 8.47.